The van der Waals surface area contributed by atoms with Gasteiger partial charge in [0, 0.05) is 21.9 Å². The molecule has 4 saturated carbocycles. The van der Waals surface area contributed by atoms with Crippen molar-refractivity contribution in [2.24, 2.45) is 17.8 Å². The summed E-state index contributed by atoms with van der Waals surface area (Å²) in [4.78, 5) is 10.3. The topological polar surface area (TPSA) is 54.5 Å². The number of rotatable bonds is 4. The van der Waals surface area contributed by atoms with Crippen molar-refractivity contribution in [2.75, 3.05) is 0 Å². The zero-order valence-electron chi connectivity index (χ0n) is 24.1. The van der Waals surface area contributed by atoms with Crippen LogP contribution in [0.25, 0.3) is 50.3 Å². The molecule has 0 aliphatic heterocycles. The lowest BCUT2D eigenvalue weighted by Gasteiger charge is -2.57. The molecule has 4 aromatic carbocycles. The summed E-state index contributed by atoms with van der Waals surface area (Å²) in [5, 5.41) is 12.3. The van der Waals surface area contributed by atoms with Crippen molar-refractivity contribution in [3.05, 3.63) is 114 Å². The molecule has 10 rings (SSSR count). The predicted octanol–water partition coefficient (Wildman–Crippen LogP) is 9.25. The molecule has 4 nitrogen and oxygen atoms in total. The highest BCUT2D eigenvalue weighted by Gasteiger charge is 2.51. The first-order valence-electron chi connectivity index (χ1n) is 15.7. The van der Waals surface area contributed by atoms with Crippen molar-refractivity contribution in [1.82, 2.24) is 14.5 Å². The van der Waals surface area contributed by atoms with Gasteiger partial charge in [-0.2, -0.15) is 5.26 Å². The average molecular weight is 557 g/mol. The van der Waals surface area contributed by atoms with Crippen LogP contribution in [-0.4, -0.2) is 14.5 Å². The predicted molar refractivity (Wildman–Crippen MR) is 172 cm³/mol. The first kappa shape index (κ1) is 24.8. The van der Waals surface area contributed by atoms with Crippen molar-refractivity contribution in [3.63, 3.8) is 0 Å². The number of nitriles is 1. The Morgan fingerprint density at radius 2 is 1.21 bits per heavy atom. The molecule has 0 spiro atoms. The van der Waals surface area contributed by atoms with E-state index in [-0.39, 0.29) is 0 Å². The molecule has 208 valence electrons. The van der Waals surface area contributed by atoms with Gasteiger partial charge in [0.15, 0.2) is 0 Å². The van der Waals surface area contributed by atoms with Gasteiger partial charge in [-0.15, -0.1) is 0 Å². The Hall–Kier alpha value is -4.75. The molecule has 0 radical (unpaired) electrons. The lowest BCUT2D eigenvalue weighted by molar-refractivity contribution is -0.00518. The fraction of sp³-hybridized carbons (Fsp3) is 0.256. The molecule has 0 atom stereocenters. The summed E-state index contributed by atoms with van der Waals surface area (Å²) in [5.41, 5.74) is 8.14. The van der Waals surface area contributed by atoms with Gasteiger partial charge in [-0.1, -0.05) is 78.9 Å². The molecule has 0 N–H and O–H groups in total. The number of benzene rings is 4. The van der Waals surface area contributed by atoms with Gasteiger partial charge >= 0.3 is 0 Å². The maximum atomic E-state index is 9.95. The molecule has 2 aromatic heterocycles. The van der Waals surface area contributed by atoms with Crippen molar-refractivity contribution in [2.45, 2.75) is 43.9 Å². The zero-order chi connectivity index (χ0) is 28.5. The van der Waals surface area contributed by atoms with Crippen LogP contribution in [0.15, 0.2) is 103 Å². The van der Waals surface area contributed by atoms with E-state index in [2.05, 4.69) is 83.4 Å². The number of hydrogen-bond acceptors (Lipinski definition) is 3. The fourth-order valence-corrected chi connectivity index (χ4v) is 9.22. The molecule has 0 unspecified atom stereocenters. The Morgan fingerprint density at radius 1 is 0.651 bits per heavy atom. The highest BCUT2D eigenvalue weighted by molar-refractivity contribution is 6.09. The van der Waals surface area contributed by atoms with Gasteiger partial charge in [-0.3, -0.25) is 4.57 Å². The van der Waals surface area contributed by atoms with E-state index in [0.29, 0.717) is 16.9 Å². The van der Waals surface area contributed by atoms with Crippen LogP contribution in [0.4, 0.5) is 0 Å². The van der Waals surface area contributed by atoms with Crippen LogP contribution in [-0.2, 0) is 5.41 Å². The van der Waals surface area contributed by atoms with Gasteiger partial charge in [0.1, 0.15) is 0 Å². The van der Waals surface area contributed by atoms with Crippen LogP contribution < -0.4 is 0 Å². The van der Waals surface area contributed by atoms with E-state index in [1.165, 1.54) is 54.9 Å². The number of hydrogen-bond donors (Lipinski definition) is 0. The van der Waals surface area contributed by atoms with E-state index in [1.807, 2.05) is 30.3 Å². The molecule has 4 heteroatoms. The van der Waals surface area contributed by atoms with E-state index >= 15 is 0 Å². The third-order valence-corrected chi connectivity index (χ3v) is 10.6. The molecule has 6 aromatic rings. The summed E-state index contributed by atoms with van der Waals surface area (Å²) in [5.74, 6) is 3.38. The summed E-state index contributed by atoms with van der Waals surface area (Å²) in [7, 11) is 0. The lowest BCUT2D eigenvalue weighted by atomic mass is 9.48. The molecule has 0 amide bonds. The summed E-state index contributed by atoms with van der Waals surface area (Å²) in [6, 6.07) is 38.3. The maximum absolute atomic E-state index is 9.95. The third kappa shape index (κ3) is 3.88. The van der Waals surface area contributed by atoms with E-state index in [1.54, 1.807) is 0 Å². The minimum absolute atomic E-state index is 0.365. The molecule has 4 aliphatic carbocycles. The summed E-state index contributed by atoms with van der Waals surface area (Å²) in [6.45, 7) is 0. The van der Waals surface area contributed by atoms with Crippen molar-refractivity contribution in [1.29, 1.82) is 5.26 Å². The highest BCUT2D eigenvalue weighted by Crippen LogP contribution is 2.60. The van der Waals surface area contributed by atoms with Crippen LogP contribution >= 0.6 is 0 Å². The van der Waals surface area contributed by atoms with Crippen LogP contribution in [0.3, 0.4) is 0 Å². The Morgan fingerprint density at radius 3 is 1.84 bits per heavy atom. The summed E-state index contributed by atoms with van der Waals surface area (Å²) >= 11 is 0. The van der Waals surface area contributed by atoms with Gasteiger partial charge in [0.25, 0.3) is 0 Å². The van der Waals surface area contributed by atoms with E-state index in [4.69, 9.17) is 9.97 Å². The Bertz CT molecular complexity index is 1990. The standard InChI is InChI=1S/C39H32N4/c40-24-29-7-1-2-8-31(29)35-20-34(28-13-15-30(16-14-28)39-21-25-17-26(22-39)19-27(18-25)23-39)41-38(42-35)43-36-11-5-3-9-32(36)33-10-4-6-12-37(33)43/h1-16,20,25-27H,17-19,21-23H2. The minimum Gasteiger partial charge on any atom is -0.278 e. The second-order valence-electron chi connectivity index (χ2n) is 13.2. The zero-order valence-corrected chi connectivity index (χ0v) is 24.1. The number of fused-ring (bicyclic) bond motifs is 3. The van der Waals surface area contributed by atoms with Gasteiger partial charge < -0.3 is 0 Å². The fourth-order valence-electron chi connectivity index (χ4n) is 9.22. The minimum atomic E-state index is 0.365. The molecule has 2 heterocycles. The average Bonchev–Trinajstić information content (AvgIpc) is 3.38. The molecular weight excluding hydrogens is 524 g/mol. The van der Waals surface area contributed by atoms with E-state index in [0.717, 1.165) is 51.3 Å². The first-order chi connectivity index (χ1) is 21.2. The van der Waals surface area contributed by atoms with Crippen LogP contribution in [0, 0.1) is 29.1 Å². The smallest absolute Gasteiger partial charge is 0.235 e. The van der Waals surface area contributed by atoms with E-state index in [9.17, 15) is 5.26 Å². The SMILES string of the molecule is N#Cc1ccccc1-c1cc(-c2ccc(C34CC5CC(CC(C5)C3)C4)cc2)nc(-n2c3ccccc3c3ccccc32)n1. The summed E-state index contributed by atoms with van der Waals surface area (Å²) < 4.78 is 2.16. The number of para-hydroxylation sites is 2. The molecular formula is C39H32N4. The Labute approximate surface area is 251 Å². The monoisotopic (exact) mass is 556 g/mol. The van der Waals surface area contributed by atoms with Crippen molar-refractivity contribution >= 4 is 21.8 Å². The molecule has 4 aliphatic rings. The van der Waals surface area contributed by atoms with E-state index < -0.39 is 0 Å². The van der Waals surface area contributed by atoms with Crippen molar-refractivity contribution in [3.8, 4) is 34.5 Å². The largest absolute Gasteiger partial charge is 0.278 e. The lowest BCUT2D eigenvalue weighted by Crippen LogP contribution is -2.48. The van der Waals surface area contributed by atoms with Crippen LogP contribution in [0.5, 0.6) is 0 Å². The molecule has 4 bridgehead atoms. The van der Waals surface area contributed by atoms with Gasteiger partial charge in [-0.05, 0) is 91.5 Å². The normalized spacial score (nSPS) is 24.0. The van der Waals surface area contributed by atoms with Gasteiger partial charge in [-0.25, -0.2) is 9.97 Å². The summed E-state index contributed by atoms with van der Waals surface area (Å²) in [6.07, 6.45) is 8.45. The second-order valence-corrected chi connectivity index (χ2v) is 13.2. The second kappa shape index (κ2) is 9.38. The Kier molecular flexibility index (Phi) is 5.41. The van der Waals surface area contributed by atoms with Gasteiger partial charge in [0.2, 0.25) is 5.95 Å². The number of nitrogens with zero attached hydrogens (tertiary/aromatic N) is 4. The quantitative estimate of drug-likeness (QED) is 0.217. The highest BCUT2D eigenvalue weighted by atomic mass is 15.2. The number of aromatic nitrogens is 3. The molecule has 43 heavy (non-hydrogen) atoms. The first-order valence-corrected chi connectivity index (χ1v) is 15.7. The van der Waals surface area contributed by atoms with Crippen LogP contribution in [0.1, 0.15) is 49.7 Å². The maximum Gasteiger partial charge on any atom is 0.235 e. The molecule has 4 fully saturated rings. The van der Waals surface area contributed by atoms with Crippen LogP contribution in [0.2, 0.25) is 0 Å². The third-order valence-electron chi connectivity index (χ3n) is 10.6. The molecule has 0 saturated heterocycles. The Balaban J connectivity index is 1.22. The van der Waals surface area contributed by atoms with Crippen molar-refractivity contribution < 1.29 is 0 Å². The van der Waals surface area contributed by atoms with Gasteiger partial charge in [0.05, 0.1) is 34.1 Å².